The molecule has 0 amide bonds. The van der Waals surface area contributed by atoms with Crippen molar-refractivity contribution in [1.82, 2.24) is 14.7 Å². The molecule has 1 N–H and O–H groups in total. The van der Waals surface area contributed by atoms with Crippen LogP contribution in [0.25, 0.3) is 5.65 Å². The van der Waals surface area contributed by atoms with Gasteiger partial charge in [-0.2, -0.15) is 0 Å². The van der Waals surface area contributed by atoms with E-state index in [-0.39, 0.29) is 0 Å². The zero-order chi connectivity index (χ0) is 11.7. The van der Waals surface area contributed by atoms with Crippen molar-refractivity contribution in [3.05, 3.63) is 35.2 Å². The third-order valence-electron chi connectivity index (χ3n) is 3.45. The highest BCUT2D eigenvalue weighted by Crippen LogP contribution is 2.19. The second kappa shape index (κ2) is 4.67. The molecule has 1 saturated heterocycles. The van der Waals surface area contributed by atoms with Crippen molar-refractivity contribution in [3.63, 3.8) is 0 Å². The van der Waals surface area contributed by atoms with Gasteiger partial charge in [0, 0.05) is 6.20 Å². The number of imidazole rings is 1. The van der Waals surface area contributed by atoms with Crippen LogP contribution in [0.4, 0.5) is 0 Å². The molecule has 2 aromatic heterocycles. The van der Waals surface area contributed by atoms with Gasteiger partial charge in [-0.3, -0.25) is 4.40 Å². The number of hydrogen-bond donors (Lipinski definition) is 1. The molecule has 1 aliphatic rings. The van der Waals surface area contributed by atoms with Gasteiger partial charge in [-0.15, -0.1) is 0 Å². The lowest BCUT2D eigenvalue weighted by Gasteiger charge is -2.21. The molecule has 90 valence electrons. The van der Waals surface area contributed by atoms with Crippen LogP contribution in [0.5, 0.6) is 0 Å². The summed E-state index contributed by atoms with van der Waals surface area (Å²) >= 11 is 6.13. The van der Waals surface area contributed by atoms with E-state index in [4.69, 9.17) is 11.6 Å². The first-order valence-electron chi connectivity index (χ1n) is 6.16. The van der Waals surface area contributed by atoms with Crippen molar-refractivity contribution in [3.8, 4) is 0 Å². The van der Waals surface area contributed by atoms with Gasteiger partial charge in [0.15, 0.2) is 0 Å². The van der Waals surface area contributed by atoms with E-state index in [1.165, 1.54) is 12.8 Å². The molecule has 0 aliphatic carbocycles. The van der Waals surface area contributed by atoms with Crippen LogP contribution in [0.15, 0.2) is 24.4 Å². The molecule has 1 aliphatic heterocycles. The molecule has 0 atom stereocenters. The molecule has 0 spiro atoms. The maximum atomic E-state index is 6.13. The minimum atomic E-state index is 0.728. The van der Waals surface area contributed by atoms with E-state index >= 15 is 0 Å². The Morgan fingerprint density at radius 1 is 1.35 bits per heavy atom. The number of fused-ring (bicyclic) bond motifs is 1. The summed E-state index contributed by atoms with van der Waals surface area (Å²) < 4.78 is 1.96. The van der Waals surface area contributed by atoms with E-state index in [2.05, 4.69) is 16.5 Å². The number of nitrogens with one attached hydrogen (secondary N) is 1. The Labute approximate surface area is 106 Å². The van der Waals surface area contributed by atoms with Gasteiger partial charge < -0.3 is 5.32 Å². The van der Waals surface area contributed by atoms with Crippen molar-refractivity contribution >= 4 is 17.2 Å². The first kappa shape index (κ1) is 11.1. The van der Waals surface area contributed by atoms with Crippen molar-refractivity contribution in [2.45, 2.75) is 19.3 Å². The Kier molecular flexibility index (Phi) is 3.04. The molecule has 0 bridgehead atoms. The Bertz CT molecular complexity index is 514. The highest BCUT2D eigenvalue weighted by molar-refractivity contribution is 6.29. The molecule has 0 unspecified atom stereocenters. The van der Waals surface area contributed by atoms with Gasteiger partial charge in [0.2, 0.25) is 0 Å². The van der Waals surface area contributed by atoms with Gasteiger partial charge in [-0.1, -0.05) is 17.7 Å². The average Bonchev–Trinajstić information content (AvgIpc) is 2.74. The molecular formula is C13H16ClN3. The lowest BCUT2D eigenvalue weighted by Crippen LogP contribution is -2.28. The van der Waals surface area contributed by atoms with Crippen molar-refractivity contribution in [2.75, 3.05) is 13.1 Å². The van der Waals surface area contributed by atoms with Gasteiger partial charge in [0.25, 0.3) is 0 Å². The summed E-state index contributed by atoms with van der Waals surface area (Å²) in [6.45, 7) is 2.28. The molecule has 0 radical (unpaired) electrons. The summed E-state index contributed by atoms with van der Waals surface area (Å²) in [4.78, 5) is 4.63. The van der Waals surface area contributed by atoms with Gasteiger partial charge >= 0.3 is 0 Å². The second-order valence-electron chi connectivity index (χ2n) is 4.71. The lowest BCUT2D eigenvalue weighted by molar-refractivity contribution is 0.370. The molecule has 0 aromatic carbocycles. The molecule has 17 heavy (non-hydrogen) atoms. The number of hydrogen-bond acceptors (Lipinski definition) is 2. The third kappa shape index (κ3) is 2.31. The molecule has 3 heterocycles. The smallest absolute Gasteiger partial charge is 0.138 e. The Hall–Kier alpha value is -1.06. The van der Waals surface area contributed by atoms with Crippen LogP contribution >= 0.6 is 11.6 Å². The summed E-state index contributed by atoms with van der Waals surface area (Å²) in [5, 5.41) is 4.12. The van der Waals surface area contributed by atoms with E-state index in [9.17, 15) is 0 Å². The van der Waals surface area contributed by atoms with Gasteiger partial charge in [-0.25, -0.2) is 4.98 Å². The minimum Gasteiger partial charge on any atom is -0.317 e. The molecule has 3 rings (SSSR count). The van der Waals surface area contributed by atoms with Crippen molar-refractivity contribution in [1.29, 1.82) is 0 Å². The third-order valence-corrected chi connectivity index (χ3v) is 3.76. The van der Waals surface area contributed by atoms with E-state index in [1.807, 2.05) is 22.6 Å². The van der Waals surface area contributed by atoms with Crippen LogP contribution in [0.1, 0.15) is 18.5 Å². The Balaban J connectivity index is 1.83. The van der Waals surface area contributed by atoms with Crippen molar-refractivity contribution in [2.24, 2.45) is 5.92 Å². The summed E-state index contributed by atoms with van der Waals surface area (Å²) in [5.41, 5.74) is 2.10. The standard InChI is InChI=1S/C13H16ClN3/c14-12-2-1-3-13-16-11(9-17(12)13)8-10-4-6-15-7-5-10/h1-3,9-10,15H,4-8H2. The highest BCUT2D eigenvalue weighted by atomic mass is 35.5. The van der Waals surface area contributed by atoms with Gasteiger partial charge in [0.05, 0.1) is 5.69 Å². The summed E-state index contributed by atoms with van der Waals surface area (Å²) in [6.07, 6.45) is 5.64. The van der Waals surface area contributed by atoms with E-state index < -0.39 is 0 Å². The topological polar surface area (TPSA) is 29.3 Å². The maximum Gasteiger partial charge on any atom is 0.138 e. The van der Waals surface area contributed by atoms with Crippen LogP contribution in [0.2, 0.25) is 5.15 Å². The first-order valence-corrected chi connectivity index (χ1v) is 6.54. The predicted octanol–water partition coefficient (Wildman–Crippen LogP) is 2.53. The average molecular weight is 250 g/mol. The number of nitrogens with zero attached hydrogens (tertiary/aromatic N) is 2. The first-order chi connectivity index (χ1) is 8.33. The SMILES string of the molecule is Clc1cccc2nc(CC3CCNCC3)cn12. The quantitative estimate of drug-likeness (QED) is 0.829. The molecule has 0 saturated carbocycles. The number of aromatic nitrogens is 2. The lowest BCUT2D eigenvalue weighted by atomic mass is 9.93. The number of pyridine rings is 1. The summed E-state index contributed by atoms with van der Waals surface area (Å²) in [5.74, 6) is 0.764. The fourth-order valence-corrected chi connectivity index (χ4v) is 2.72. The fraction of sp³-hybridized carbons (Fsp3) is 0.462. The minimum absolute atomic E-state index is 0.728. The Morgan fingerprint density at radius 3 is 2.94 bits per heavy atom. The van der Waals surface area contributed by atoms with Crippen LogP contribution in [-0.2, 0) is 6.42 Å². The normalized spacial score (nSPS) is 17.7. The van der Waals surface area contributed by atoms with E-state index in [0.29, 0.717) is 0 Å². The van der Waals surface area contributed by atoms with E-state index in [1.54, 1.807) is 0 Å². The largest absolute Gasteiger partial charge is 0.317 e. The van der Waals surface area contributed by atoms with Crippen molar-refractivity contribution < 1.29 is 0 Å². The van der Waals surface area contributed by atoms with Gasteiger partial charge in [-0.05, 0) is 50.4 Å². The zero-order valence-electron chi connectivity index (χ0n) is 9.69. The monoisotopic (exact) mass is 249 g/mol. The zero-order valence-corrected chi connectivity index (χ0v) is 10.5. The summed E-state index contributed by atoms with van der Waals surface area (Å²) in [6, 6.07) is 5.83. The van der Waals surface area contributed by atoms with E-state index in [0.717, 1.165) is 41.9 Å². The number of rotatable bonds is 2. The van der Waals surface area contributed by atoms with Crippen LogP contribution in [0.3, 0.4) is 0 Å². The number of piperidine rings is 1. The highest BCUT2D eigenvalue weighted by Gasteiger charge is 2.15. The van der Waals surface area contributed by atoms with Gasteiger partial charge in [0.1, 0.15) is 10.8 Å². The fourth-order valence-electron chi connectivity index (χ4n) is 2.51. The van der Waals surface area contributed by atoms with Crippen LogP contribution in [-0.4, -0.2) is 22.5 Å². The van der Waals surface area contributed by atoms with Crippen LogP contribution in [0, 0.1) is 5.92 Å². The second-order valence-corrected chi connectivity index (χ2v) is 5.09. The molecule has 1 fully saturated rings. The molecule has 3 nitrogen and oxygen atoms in total. The Morgan fingerprint density at radius 2 is 2.18 bits per heavy atom. The van der Waals surface area contributed by atoms with Crippen LogP contribution < -0.4 is 5.32 Å². The molecule has 2 aromatic rings. The molecule has 4 heteroatoms. The predicted molar refractivity (Wildman–Crippen MR) is 69.5 cm³/mol. The molecular weight excluding hydrogens is 234 g/mol. The summed E-state index contributed by atoms with van der Waals surface area (Å²) in [7, 11) is 0. The maximum absolute atomic E-state index is 6.13. The number of halogens is 1.